The first-order chi connectivity index (χ1) is 3.71. The van der Waals surface area contributed by atoms with E-state index in [9.17, 15) is 4.79 Å². The number of halogens is 1. The van der Waals surface area contributed by atoms with E-state index in [1.165, 1.54) is 0 Å². The highest BCUT2D eigenvalue weighted by molar-refractivity contribution is 6.97. The lowest BCUT2D eigenvalue weighted by atomic mass is 10.4. The second-order valence-electron chi connectivity index (χ2n) is 2.28. The predicted octanol–water partition coefficient (Wildman–Crippen LogP) is 0.282. The smallest absolute Gasteiger partial charge is 0.371 e. The molecular weight excluding hydrogens is 138 g/mol. The molecule has 0 aromatic heterocycles. The average molecular weight is 144 g/mol. The number of rotatable bonds is 2. The Morgan fingerprint density at radius 3 is 2.25 bits per heavy atom. The van der Waals surface area contributed by atoms with Crippen molar-refractivity contribution in [1.82, 2.24) is 0 Å². The first-order valence-electron chi connectivity index (χ1n) is 2.57. The molecular formula is C4H6ClMgNO. The molecule has 1 saturated carbocycles. The van der Waals surface area contributed by atoms with Crippen molar-refractivity contribution >= 4 is 34.2 Å². The Bertz CT molecular complexity index is 123. The van der Waals surface area contributed by atoms with E-state index in [4.69, 9.17) is 14.8 Å². The average Bonchev–Trinajstić information content (AvgIpc) is 2.44. The molecule has 1 aliphatic carbocycles. The van der Waals surface area contributed by atoms with Crippen LogP contribution in [0.2, 0.25) is 3.54 Å². The van der Waals surface area contributed by atoms with Crippen molar-refractivity contribution in [3.8, 4) is 0 Å². The second kappa shape index (κ2) is 2.04. The summed E-state index contributed by atoms with van der Waals surface area (Å²) in [6, 6.07) is 0. The van der Waals surface area contributed by atoms with E-state index in [1.54, 1.807) is 0 Å². The fourth-order valence-electron chi connectivity index (χ4n) is 0.597. The molecule has 0 aromatic rings. The molecule has 0 aromatic carbocycles. The first-order valence-corrected chi connectivity index (χ1v) is 5.42. The molecule has 2 N–H and O–H groups in total. The molecule has 0 aliphatic heterocycles. The Morgan fingerprint density at radius 2 is 2.25 bits per heavy atom. The van der Waals surface area contributed by atoms with Crippen molar-refractivity contribution < 1.29 is 4.79 Å². The minimum atomic E-state index is -0.697. The molecule has 4 heteroatoms. The number of hydrogen-bond acceptors (Lipinski definition) is 1. The van der Waals surface area contributed by atoms with Crippen molar-refractivity contribution in [3.63, 3.8) is 0 Å². The molecule has 0 radical (unpaired) electrons. The van der Waals surface area contributed by atoms with Gasteiger partial charge in [-0.1, -0.05) is 12.8 Å². The highest BCUT2D eigenvalue weighted by atomic mass is 35.5. The fourth-order valence-corrected chi connectivity index (χ4v) is 2.37. The molecule has 42 valence electrons. The Kier molecular flexibility index (Phi) is 1.70. The second-order valence-corrected chi connectivity index (χ2v) is 4.70. The molecule has 1 rings (SSSR count). The van der Waals surface area contributed by atoms with Gasteiger partial charge in [-0.05, 0) is 3.54 Å². The van der Waals surface area contributed by atoms with E-state index in [-0.39, 0.29) is 9.45 Å². The van der Waals surface area contributed by atoms with Crippen LogP contribution in [0, 0.1) is 0 Å². The minimum absolute atomic E-state index is 0.165. The van der Waals surface area contributed by atoms with E-state index >= 15 is 0 Å². The van der Waals surface area contributed by atoms with Crippen LogP contribution in [0.25, 0.3) is 0 Å². The highest BCUT2D eigenvalue weighted by Crippen LogP contribution is 2.52. The summed E-state index contributed by atoms with van der Waals surface area (Å²) in [6.07, 6.45) is 1.89. The van der Waals surface area contributed by atoms with Crippen LogP contribution < -0.4 is 5.73 Å². The molecule has 1 fully saturated rings. The van der Waals surface area contributed by atoms with Crippen LogP contribution in [0.15, 0.2) is 0 Å². The molecule has 0 bridgehead atoms. The standard InChI is InChI=1S/C4H6NO.ClH.Mg/c5-4(6)3-1-2-3;;/h1-2H2,(H2,5,6);1H;/q;;+1/p-1. The van der Waals surface area contributed by atoms with Crippen molar-refractivity contribution in [3.05, 3.63) is 0 Å². The third-order valence-corrected chi connectivity index (χ3v) is 4.73. The molecule has 0 heterocycles. The van der Waals surface area contributed by atoms with Gasteiger partial charge < -0.3 is 14.8 Å². The number of primary amides is 1. The maximum absolute atomic E-state index is 10.5. The van der Waals surface area contributed by atoms with Crippen molar-refractivity contribution in [2.24, 2.45) is 5.73 Å². The van der Waals surface area contributed by atoms with Crippen molar-refractivity contribution in [2.75, 3.05) is 0 Å². The van der Waals surface area contributed by atoms with Crippen molar-refractivity contribution in [2.45, 2.75) is 16.4 Å². The summed E-state index contributed by atoms with van der Waals surface area (Å²) < 4.78 is -0.165. The lowest BCUT2D eigenvalue weighted by molar-refractivity contribution is -0.118. The minimum Gasteiger partial charge on any atom is -0.371 e. The van der Waals surface area contributed by atoms with Crippen LogP contribution in [0.4, 0.5) is 0 Å². The number of carbonyl (C=O) groups is 1. The largest absolute Gasteiger partial charge is 0.519 e. The third kappa shape index (κ3) is 0.945. The maximum atomic E-state index is 10.5. The molecule has 8 heavy (non-hydrogen) atoms. The molecule has 2 nitrogen and oxygen atoms in total. The number of carbonyl (C=O) groups excluding carboxylic acids is 1. The van der Waals surface area contributed by atoms with Gasteiger partial charge in [0.2, 0.25) is 0 Å². The van der Waals surface area contributed by atoms with E-state index in [0.717, 1.165) is 12.8 Å². The Balaban J connectivity index is 2.53. The van der Waals surface area contributed by atoms with Gasteiger partial charge in [-0.15, -0.1) is 0 Å². The van der Waals surface area contributed by atoms with Gasteiger partial charge in [-0.25, -0.2) is 0 Å². The van der Waals surface area contributed by atoms with E-state index in [1.807, 2.05) is 0 Å². The molecule has 0 unspecified atom stereocenters. The lowest BCUT2D eigenvalue weighted by Crippen LogP contribution is -2.21. The summed E-state index contributed by atoms with van der Waals surface area (Å²) in [5.41, 5.74) is 5.05. The van der Waals surface area contributed by atoms with Gasteiger partial charge in [0.1, 0.15) is 0 Å². The van der Waals surface area contributed by atoms with Crippen molar-refractivity contribution in [1.29, 1.82) is 0 Å². The summed E-state index contributed by atoms with van der Waals surface area (Å²) in [4.78, 5) is 10.5. The Morgan fingerprint density at radius 1 is 1.75 bits per heavy atom. The van der Waals surface area contributed by atoms with Gasteiger partial charge in [0.05, 0.1) is 0 Å². The topological polar surface area (TPSA) is 43.1 Å². The zero-order chi connectivity index (χ0) is 6.20. The summed E-state index contributed by atoms with van der Waals surface area (Å²) in [5.74, 6) is -0.181. The van der Waals surface area contributed by atoms with Gasteiger partial charge in [0.15, 0.2) is 5.91 Å². The van der Waals surface area contributed by atoms with Gasteiger partial charge in [0, 0.05) is 0 Å². The highest BCUT2D eigenvalue weighted by Gasteiger charge is 2.48. The summed E-state index contributed by atoms with van der Waals surface area (Å²) in [6.45, 7) is 0. The van der Waals surface area contributed by atoms with Crippen LogP contribution >= 0.6 is 9.07 Å². The van der Waals surface area contributed by atoms with Gasteiger partial charge in [0.25, 0.3) is 0 Å². The van der Waals surface area contributed by atoms with Crippen LogP contribution in [0.5, 0.6) is 0 Å². The first kappa shape index (κ1) is 6.64. The molecule has 1 aliphatic rings. The van der Waals surface area contributed by atoms with Crippen LogP contribution in [-0.4, -0.2) is 25.2 Å². The predicted molar refractivity (Wildman–Crippen MR) is 32.7 cm³/mol. The van der Waals surface area contributed by atoms with Crippen LogP contribution in [0.1, 0.15) is 12.8 Å². The van der Waals surface area contributed by atoms with Crippen LogP contribution in [0.3, 0.4) is 0 Å². The summed E-state index contributed by atoms with van der Waals surface area (Å²) in [7, 11) is 5.59. The molecule has 0 atom stereocenters. The summed E-state index contributed by atoms with van der Waals surface area (Å²) in [5, 5.41) is 0. The quantitative estimate of drug-likeness (QED) is 0.555. The van der Waals surface area contributed by atoms with E-state index < -0.39 is 19.3 Å². The Labute approximate surface area is 61.3 Å². The maximum Gasteiger partial charge on any atom is 0.519 e. The zero-order valence-corrected chi connectivity index (χ0v) is 6.66. The number of nitrogens with two attached hydrogens (primary N) is 1. The number of hydrogen-bond donors (Lipinski definition) is 1. The monoisotopic (exact) mass is 143 g/mol. The Hall–Kier alpha value is 0.526. The van der Waals surface area contributed by atoms with E-state index in [0.29, 0.717) is 0 Å². The van der Waals surface area contributed by atoms with Gasteiger partial charge in [-0.2, -0.15) is 0 Å². The van der Waals surface area contributed by atoms with Gasteiger partial charge in [-0.3, -0.25) is 4.79 Å². The normalized spacial score (nSPS) is 21.6. The molecule has 0 saturated heterocycles. The fraction of sp³-hybridized carbons (Fsp3) is 0.750. The zero-order valence-electron chi connectivity index (χ0n) is 4.48. The summed E-state index contributed by atoms with van der Waals surface area (Å²) >= 11 is -0.697. The third-order valence-electron chi connectivity index (χ3n) is 1.63. The van der Waals surface area contributed by atoms with Crippen LogP contribution in [-0.2, 0) is 4.79 Å². The van der Waals surface area contributed by atoms with E-state index in [2.05, 4.69) is 0 Å². The van der Waals surface area contributed by atoms with Gasteiger partial charge >= 0.3 is 19.3 Å². The molecule has 0 spiro atoms. The SMILES string of the molecule is NC(=O)[C]1([Mg][Cl])CC1. The number of amides is 1. The molecule has 1 amide bonds. The lowest BCUT2D eigenvalue weighted by Gasteiger charge is -2.00.